The first-order chi connectivity index (χ1) is 23.2. The van der Waals surface area contributed by atoms with Crippen LogP contribution in [-0.2, 0) is 22.7 Å². The number of aromatic nitrogens is 2. The van der Waals surface area contributed by atoms with Crippen LogP contribution in [0.2, 0.25) is 10.0 Å². The van der Waals surface area contributed by atoms with Crippen molar-refractivity contribution < 1.29 is 23.8 Å². The number of amides is 1. The highest BCUT2D eigenvalue weighted by Gasteiger charge is 2.29. The zero-order valence-electron chi connectivity index (χ0n) is 26.2. The summed E-state index contributed by atoms with van der Waals surface area (Å²) in [6.45, 7) is 2.47. The molecule has 0 saturated carbocycles. The first-order valence-corrected chi connectivity index (χ1v) is 16.4. The Morgan fingerprint density at radius 1 is 1.08 bits per heavy atom. The molecule has 4 aromatic rings. The minimum Gasteiger partial charge on any atom is -0.496 e. The second-order valence-electron chi connectivity index (χ2n) is 12.0. The van der Waals surface area contributed by atoms with Gasteiger partial charge >= 0.3 is 5.97 Å². The molecular formula is C35H35Cl2FN6O4. The largest absolute Gasteiger partial charge is 0.496 e. The minimum atomic E-state index is -0.833. The van der Waals surface area contributed by atoms with Crippen LogP contribution in [0.25, 0.3) is 22.4 Å². The Balaban J connectivity index is 1.20. The summed E-state index contributed by atoms with van der Waals surface area (Å²) in [7, 11) is 1.61. The zero-order chi connectivity index (χ0) is 33.8. The van der Waals surface area contributed by atoms with Crippen LogP contribution in [0.3, 0.4) is 0 Å². The predicted molar refractivity (Wildman–Crippen MR) is 183 cm³/mol. The molecule has 2 aliphatic rings. The minimum absolute atomic E-state index is 0.0108. The highest BCUT2D eigenvalue weighted by Crippen LogP contribution is 2.42. The van der Waals surface area contributed by atoms with Crippen molar-refractivity contribution in [3.8, 4) is 28.1 Å². The van der Waals surface area contributed by atoms with Crippen LogP contribution < -0.4 is 20.7 Å². The number of methoxy groups -OCH3 is 1. The van der Waals surface area contributed by atoms with E-state index in [1.807, 2.05) is 29.2 Å². The topological polar surface area (TPSA) is 129 Å². The third-order valence-corrected chi connectivity index (χ3v) is 9.56. The molecular weight excluding hydrogens is 658 g/mol. The smallest absolute Gasteiger partial charge is 0.307 e. The summed E-state index contributed by atoms with van der Waals surface area (Å²) in [5.41, 5.74) is 4.36. The van der Waals surface area contributed by atoms with Gasteiger partial charge in [-0.1, -0.05) is 47.5 Å². The SMILES string of the molecule is COc1cc(-c2nccc(-c3cccc(Nc4nccc(CN5CC[C@@H](C(=O)O)C5)c4F)c3Cl)c2Cl)ccc1CNC[C@H]1CCC(=O)N1. The van der Waals surface area contributed by atoms with Crippen molar-refractivity contribution in [1.82, 2.24) is 25.5 Å². The Morgan fingerprint density at radius 3 is 2.65 bits per heavy atom. The fourth-order valence-electron chi connectivity index (χ4n) is 6.18. The third kappa shape index (κ3) is 7.39. The van der Waals surface area contributed by atoms with Crippen LogP contribution in [0.1, 0.15) is 30.4 Å². The van der Waals surface area contributed by atoms with E-state index in [4.69, 9.17) is 27.9 Å². The third-order valence-electron chi connectivity index (χ3n) is 8.77. The van der Waals surface area contributed by atoms with E-state index in [0.717, 1.165) is 17.5 Å². The van der Waals surface area contributed by atoms with Crippen LogP contribution in [0.4, 0.5) is 15.9 Å². The van der Waals surface area contributed by atoms with Gasteiger partial charge in [-0.15, -0.1) is 0 Å². The lowest BCUT2D eigenvalue weighted by Crippen LogP contribution is -2.35. The maximum absolute atomic E-state index is 15.6. The number of carbonyl (C=O) groups excluding carboxylic acids is 1. The Labute approximate surface area is 287 Å². The molecule has 6 rings (SSSR count). The maximum Gasteiger partial charge on any atom is 0.307 e. The summed E-state index contributed by atoms with van der Waals surface area (Å²) in [4.78, 5) is 33.5. The van der Waals surface area contributed by atoms with Crippen molar-refractivity contribution in [2.45, 2.75) is 38.4 Å². The average molecular weight is 694 g/mol. The number of nitrogens with one attached hydrogen (secondary N) is 3. The molecule has 48 heavy (non-hydrogen) atoms. The standard InChI is InChI=1S/C35H35Cl2FN6O4/c1-48-28-15-20(5-6-21(28)16-39-17-24-7-8-29(45)42-24)33-31(37)26(10-13-40-33)25-3-2-4-27(30(25)36)43-34-32(38)22(9-12-41-34)18-44-14-11-23(19-44)35(46)47/h2-6,9-10,12-13,15,23-24,39H,7-8,11,14,16-19H2,1H3,(H,41,43)(H,42,45)(H,46,47)/t23-,24-/m1/s1. The van der Waals surface area contributed by atoms with Gasteiger partial charge < -0.3 is 25.8 Å². The molecule has 2 atom stereocenters. The molecule has 4 heterocycles. The molecule has 10 nitrogen and oxygen atoms in total. The molecule has 0 unspecified atom stereocenters. The molecule has 2 fully saturated rings. The van der Waals surface area contributed by atoms with Gasteiger partial charge in [-0.25, -0.2) is 9.37 Å². The summed E-state index contributed by atoms with van der Waals surface area (Å²) in [6, 6.07) is 14.6. The number of carboxylic acids is 1. The van der Waals surface area contributed by atoms with E-state index in [0.29, 0.717) is 82.9 Å². The lowest BCUT2D eigenvalue weighted by atomic mass is 10.0. The highest BCUT2D eigenvalue weighted by molar-refractivity contribution is 6.39. The van der Waals surface area contributed by atoms with E-state index in [-0.39, 0.29) is 24.3 Å². The van der Waals surface area contributed by atoms with Crippen molar-refractivity contribution in [3.05, 3.63) is 87.9 Å². The molecule has 0 radical (unpaired) electrons. The quantitative estimate of drug-likeness (QED) is 0.136. The number of nitrogens with zero attached hydrogens (tertiary/aromatic N) is 3. The van der Waals surface area contributed by atoms with Crippen LogP contribution in [0, 0.1) is 11.7 Å². The van der Waals surface area contributed by atoms with Gasteiger partial charge in [0.15, 0.2) is 11.6 Å². The molecule has 1 amide bonds. The van der Waals surface area contributed by atoms with Gasteiger partial charge in [-0.3, -0.25) is 19.5 Å². The van der Waals surface area contributed by atoms with Crippen LogP contribution in [0.5, 0.6) is 5.75 Å². The normalized spacial score (nSPS) is 17.8. The molecule has 0 aliphatic carbocycles. The fourth-order valence-corrected chi connectivity index (χ4v) is 6.78. The monoisotopic (exact) mass is 692 g/mol. The maximum atomic E-state index is 15.6. The van der Waals surface area contributed by atoms with Crippen LogP contribution in [-0.4, -0.2) is 64.6 Å². The fraction of sp³-hybridized carbons (Fsp3) is 0.314. The van der Waals surface area contributed by atoms with Crippen molar-refractivity contribution in [1.29, 1.82) is 0 Å². The second kappa shape index (κ2) is 14.9. The molecule has 4 N–H and O–H groups in total. The molecule has 2 aliphatic heterocycles. The number of carboxylic acid groups (broad SMARTS) is 1. The van der Waals surface area contributed by atoms with Crippen molar-refractivity contribution in [2.24, 2.45) is 5.92 Å². The van der Waals surface area contributed by atoms with E-state index in [1.165, 1.54) is 6.20 Å². The number of benzene rings is 2. The lowest BCUT2D eigenvalue weighted by Gasteiger charge is -2.18. The van der Waals surface area contributed by atoms with Gasteiger partial charge in [0.05, 0.1) is 34.5 Å². The Bertz CT molecular complexity index is 1840. The molecule has 2 aromatic carbocycles. The molecule has 250 valence electrons. The van der Waals surface area contributed by atoms with Gasteiger partial charge in [-0.2, -0.15) is 0 Å². The summed E-state index contributed by atoms with van der Waals surface area (Å²) in [6.07, 6.45) is 5.09. The summed E-state index contributed by atoms with van der Waals surface area (Å²) >= 11 is 13.9. The molecule has 2 saturated heterocycles. The Kier molecular flexibility index (Phi) is 10.4. The van der Waals surface area contributed by atoms with Gasteiger partial charge in [0.2, 0.25) is 5.91 Å². The summed E-state index contributed by atoms with van der Waals surface area (Å²) in [5.74, 6) is -1.04. The van der Waals surface area contributed by atoms with Gasteiger partial charge in [0, 0.05) is 78.9 Å². The van der Waals surface area contributed by atoms with E-state index >= 15 is 4.39 Å². The van der Waals surface area contributed by atoms with Gasteiger partial charge in [0.1, 0.15) is 5.75 Å². The van der Waals surface area contributed by atoms with Crippen LogP contribution >= 0.6 is 23.2 Å². The van der Waals surface area contributed by atoms with Crippen molar-refractivity contribution in [3.63, 3.8) is 0 Å². The van der Waals surface area contributed by atoms with E-state index in [9.17, 15) is 14.7 Å². The van der Waals surface area contributed by atoms with Gasteiger partial charge in [-0.05, 0) is 43.7 Å². The molecule has 2 aromatic heterocycles. The lowest BCUT2D eigenvalue weighted by molar-refractivity contribution is -0.141. The summed E-state index contributed by atoms with van der Waals surface area (Å²) < 4.78 is 21.3. The van der Waals surface area contributed by atoms with Gasteiger partial charge in [0.25, 0.3) is 0 Å². The number of carbonyl (C=O) groups is 2. The van der Waals surface area contributed by atoms with Crippen molar-refractivity contribution in [2.75, 3.05) is 32.1 Å². The van der Waals surface area contributed by atoms with E-state index < -0.39 is 17.7 Å². The van der Waals surface area contributed by atoms with Crippen LogP contribution in [0.15, 0.2) is 60.9 Å². The number of hydrogen-bond donors (Lipinski definition) is 4. The number of halogens is 3. The molecule has 0 bridgehead atoms. The number of likely N-dealkylation sites (tertiary alicyclic amines) is 1. The number of ether oxygens (including phenoxy) is 1. The Hall–Kier alpha value is -4.29. The number of hydrogen-bond acceptors (Lipinski definition) is 8. The number of anilines is 2. The van der Waals surface area contributed by atoms with E-state index in [1.54, 1.807) is 37.6 Å². The van der Waals surface area contributed by atoms with Crippen molar-refractivity contribution >= 4 is 46.6 Å². The molecule has 0 spiro atoms. The first-order valence-electron chi connectivity index (χ1n) is 15.7. The highest BCUT2D eigenvalue weighted by atomic mass is 35.5. The average Bonchev–Trinajstić information content (AvgIpc) is 3.73. The number of pyridine rings is 2. The molecule has 13 heteroatoms. The van der Waals surface area contributed by atoms with E-state index in [2.05, 4.69) is 25.9 Å². The summed E-state index contributed by atoms with van der Waals surface area (Å²) in [5, 5.41) is 19.4. The second-order valence-corrected chi connectivity index (χ2v) is 12.7. The number of aliphatic carboxylic acids is 1. The Morgan fingerprint density at radius 2 is 1.90 bits per heavy atom. The first kappa shape index (κ1) is 33.6. The predicted octanol–water partition coefficient (Wildman–Crippen LogP) is 6.28. The zero-order valence-corrected chi connectivity index (χ0v) is 27.7. The number of rotatable bonds is 12.